The first-order valence-electron chi connectivity index (χ1n) is 5.87. The van der Waals surface area contributed by atoms with Crippen molar-refractivity contribution in [3.05, 3.63) is 42.5 Å². The summed E-state index contributed by atoms with van der Waals surface area (Å²) in [6, 6.07) is 7.10. The van der Waals surface area contributed by atoms with Crippen molar-refractivity contribution in [1.29, 1.82) is 0 Å². The molecule has 0 aliphatic heterocycles. The Morgan fingerprint density at radius 3 is 2.58 bits per heavy atom. The highest BCUT2D eigenvalue weighted by Crippen LogP contribution is 2.13. The molecule has 1 aromatic rings. The van der Waals surface area contributed by atoms with E-state index in [9.17, 15) is 9.59 Å². The van der Waals surface area contributed by atoms with Gasteiger partial charge in [-0.2, -0.15) is 0 Å². The monoisotopic (exact) mass is 263 g/mol. The molecule has 0 heterocycles. The van der Waals surface area contributed by atoms with Crippen molar-refractivity contribution >= 4 is 11.9 Å². The molecule has 5 heteroatoms. The average Bonchev–Trinajstić information content (AvgIpc) is 2.42. The van der Waals surface area contributed by atoms with Gasteiger partial charge in [0, 0.05) is 6.54 Å². The van der Waals surface area contributed by atoms with E-state index in [4.69, 9.17) is 9.84 Å². The van der Waals surface area contributed by atoms with Crippen LogP contribution in [0.1, 0.15) is 12.5 Å². The summed E-state index contributed by atoms with van der Waals surface area (Å²) >= 11 is 0. The summed E-state index contributed by atoms with van der Waals surface area (Å²) in [7, 11) is 0. The van der Waals surface area contributed by atoms with Crippen LogP contribution in [-0.2, 0) is 16.1 Å². The van der Waals surface area contributed by atoms with E-state index in [1.807, 2.05) is 12.1 Å². The Kier molecular flexibility index (Phi) is 5.60. The van der Waals surface area contributed by atoms with Gasteiger partial charge in [-0.25, -0.2) is 0 Å². The molecule has 2 N–H and O–H groups in total. The van der Waals surface area contributed by atoms with E-state index in [1.165, 1.54) is 6.08 Å². The zero-order chi connectivity index (χ0) is 14.3. The van der Waals surface area contributed by atoms with E-state index < -0.39 is 11.9 Å². The second kappa shape index (κ2) is 7.20. The standard InChI is InChI=1S/C14H17NO4/c1-3-13(16)15-8-11-4-6-12(7-5-11)19-9-10(2)14(17)18/h3-7,10H,1,8-9H2,2H3,(H,15,16)(H,17,18). The minimum atomic E-state index is -0.885. The molecule has 19 heavy (non-hydrogen) atoms. The first-order chi connectivity index (χ1) is 9.02. The highest BCUT2D eigenvalue weighted by atomic mass is 16.5. The molecular formula is C14H17NO4. The molecule has 1 unspecified atom stereocenters. The number of hydrogen-bond donors (Lipinski definition) is 2. The van der Waals surface area contributed by atoms with Gasteiger partial charge in [-0.1, -0.05) is 18.7 Å². The van der Waals surface area contributed by atoms with Gasteiger partial charge in [-0.3, -0.25) is 9.59 Å². The minimum Gasteiger partial charge on any atom is -0.493 e. The van der Waals surface area contributed by atoms with Gasteiger partial charge in [0.1, 0.15) is 12.4 Å². The van der Waals surface area contributed by atoms with Crippen LogP contribution < -0.4 is 10.1 Å². The molecule has 0 fully saturated rings. The lowest BCUT2D eigenvalue weighted by molar-refractivity contribution is -0.142. The number of hydrogen-bond acceptors (Lipinski definition) is 3. The molecule has 102 valence electrons. The lowest BCUT2D eigenvalue weighted by Gasteiger charge is -2.10. The van der Waals surface area contributed by atoms with Gasteiger partial charge in [0.2, 0.25) is 5.91 Å². The maximum atomic E-state index is 11.0. The molecule has 1 atom stereocenters. The van der Waals surface area contributed by atoms with Crippen molar-refractivity contribution in [2.75, 3.05) is 6.61 Å². The smallest absolute Gasteiger partial charge is 0.309 e. The zero-order valence-electron chi connectivity index (χ0n) is 10.8. The molecule has 0 spiro atoms. The van der Waals surface area contributed by atoms with Crippen LogP contribution in [0.2, 0.25) is 0 Å². The number of benzene rings is 1. The maximum Gasteiger partial charge on any atom is 0.309 e. The fraction of sp³-hybridized carbons (Fsp3) is 0.286. The molecule has 0 aromatic heterocycles. The van der Waals surface area contributed by atoms with Crippen LogP contribution in [0.3, 0.4) is 0 Å². The Morgan fingerprint density at radius 1 is 1.42 bits per heavy atom. The van der Waals surface area contributed by atoms with Crippen LogP contribution >= 0.6 is 0 Å². The van der Waals surface area contributed by atoms with E-state index in [0.717, 1.165) is 5.56 Å². The Balaban J connectivity index is 2.45. The molecule has 0 bridgehead atoms. The Labute approximate surface area is 111 Å². The van der Waals surface area contributed by atoms with Crippen LogP contribution in [-0.4, -0.2) is 23.6 Å². The van der Waals surface area contributed by atoms with Crippen LogP contribution in [0.25, 0.3) is 0 Å². The van der Waals surface area contributed by atoms with E-state index in [1.54, 1.807) is 19.1 Å². The van der Waals surface area contributed by atoms with Gasteiger partial charge >= 0.3 is 5.97 Å². The van der Waals surface area contributed by atoms with E-state index in [2.05, 4.69) is 11.9 Å². The van der Waals surface area contributed by atoms with Crippen molar-refractivity contribution < 1.29 is 19.4 Å². The van der Waals surface area contributed by atoms with Gasteiger partial charge < -0.3 is 15.2 Å². The summed E-state index contributed by atoms with van der Waals surface area (Å²) in [5, 5.41) is 11.4. The summed E-state index contributed by atoms with van der Waals surface area (Å²) in [6.45, 7) is 5.49. The number of carbonyl (C=O) groups excluding carboxylic acids is 1. The third kappa shape index (κ3) is 5.25. The predicted molar refractivity (Wildman–Crippen MR) is 70.8 cm³/mol. The first-order valence-corrected chi connectivity index (χ1v) is 5.87. The van der Waals surface area contributed by atoms with Crippen LogP contribution in [0.15, 0.2) is 36.9 Å². The van der Waals surface area contributed by atoms with Crippen LogP contribution in [0.5, 0.6) is 5.75 Å². The molecule has 0 radical (unpaired) electrons. The SMILES string of the molecule is C=CC(=O)NCc1ccc(OCC(C)C(=O)O)cc1. The minimum absolute atomic E-state index is 0.127. The lowest BCUT2D eigenvalue weighted by Crippen LogP contribution is -2.20. The van der Waals surface area contributed by atoms with E-state index in [0.29, 0.717) is 12.3 Å². The van der Waals surface area contributed by atoms with Gasteiger partial charge in [0.25, 0.3) is 0 Å². The van der Waals surface area contributed by atoms with Crippen molar-refractivity contribution in [2.24, 2.45) is 5.92 Å². The number of aliphatic carboxylic acids is 1. The van der Waals surface area contributed by atoms with Gasteiger partial charge in [0.05, 0.1) is 5.92 Å². The van der Waals surface area contributed by atoms with Crippen LogP contribution in [0, 0.1) is 5.92 Å². The Morgan fingerprint density at radius 2 is 2.05 bits per heavy atom. The molecule has 0 saturated carbocycles. The number of amides is 1. The number of carboxylic acid groups (broad SMARTS) is 1. The fourth-order valence-electron chi connectivity index (χ4n) is 1.26. The Bertz CT molecular complexity index is 453. The highest BCUT2D eigenvalue weighted by molar-refractivity contribution is 5.86. The highest BCUT2D eigenvalue weighted by Gasteiger charge is 2.11. The molecular weight excluding hydrogens is 246 g/mol. The number of ether oxygens (including phenoxy) is 1. The molecule has 1 amide bonds. The van der Waals surface area contributed by atoms with E-state index >= 15 is 0 Å². The average molecular weight is 263 g/mol. The molecule has 0 aliphatic carbocycles. The van der Waals surface area contributed by atoms with Crippen LogP contribution in [0.4, 0.5) is 0 Å². The molecule has 0 aliphatic rings. The maximum absolute atomic E-state index is 11.0. The fourth-order valence-corrected chi connectivity index (χ4v) is 1.26. The third-order valence-corrected chi connectivity index (χ3v) is 2.50. The molecule has 1 rings (SSSR count). The second-order valence-electron chi connectivity index (χ2n) is 4.12. The first kappa shape index (κ1) is 14.8. The zero-order valence-corrected chi connectivity index (χ0v) is 10.8. The molecule has 5 nitrogen and oxygen atoms in total. The largest absolute Gasteiger partial charge is 0.493 e. The molecule has 1 aromatic carbocycles. The number of rotatable bonds is 7. The second-order valence-corrected chi connectivity index (χ2v) is 4.12. The lowest BCUT2D eigenvalue weighted by atomic mass is 10.2. The summed E-state index contributed by atoms with van der Waals surface area (Å²) in [6.07, 6.45) is 1.21. The van der Waals surface area contributed by atoms with Gasteiger partial charge in [-0.05, 0) is 30.7 Å². The topological polar surface area (TPSA) is 75.6 Å². The number of carboxylic acids is 1. The predicted octanol–water partition coefficient (Wildman–Crippen LogP) is 1.59. The summed E-state index contributed by atoms with van der Waals surface area (Å²) in [4.78, 5) is 21.6. The van der Waals surface area contributed by atoms with E-state index in [-0.39, 0.29) is 12.5 Å². The third-order valence-electron chi connectivity index (χ3n) is 2.50. The summed E-state index contributed by atoms with van der Waals surface area (Å²) in [5.41, 5.74) is 0.925. The molecule has 0 saturated heterocycles. The van der Waals surface area contributed by atoms with Crippen molar-refractivity contribution in [1.82, 2.24) is 5.32 Å². The summed E-state index contributed by atoms with van der Waals surface area (Å²) < 4.78 is 5.35. The number of nitrogens with one attached hydrogen (secondary N) is 1. The normalized spacial score (nSPS) is 11.4. The number of carbonyl (C=O) groups is 2. The van der Waals surface area contributed by atoms with Gasteiger partial charge in [0.15, 0.2) is 0 Å². The van der Waals surface area contributed by atoms with Crippen molar-refractivity contribution in [2.45, 2.75) is 13.5 Å². The van der Waals surface area contributed by atoms with Crippen molar-refractivity contribution in [3.8, 4) is 5.75 Å². The Hall–Kier alpha value is -2.30. The van der Waals surface area contributed by atoms with Crippen molar-refractivity contribution in [3.63, 3.8) is 0 Å². The summed E-state index contributed by atoms with van der Waals surface area (Å²) in [5.74, 6) is -1.06. The quantitative estimate of drug-likeness (QED) is 0.732. The van der Waals surface area contributed by atoms with Gasteiger partial charge in [-0.15, -0.1) is 0 Å².